The van der Waals surface area contributed by atoms with Crippen molar-refractivity contribution < 1.29 is 5.11 Å². The quantitative estimate of drug-likeness (QED) is 0.911. The van der Waals surface area contributed by atoms with Crippen molar-refractivity contribution in [1.82, 2.24) is 14.7 Å². The van der Waals surface area contributed by atoms with Crippen LogP contribution in [-0.4, -0.2) is 44.5 Å². The van der Waals surface area contributed by atoms with E-state index >= 15 is 0 Å². The minimum atomic E-state index is -0.518. The summed E-state index contributed by atoms with van der Waals surface area (Å²) in [7, 11) is 0. The predicted octanol–water partition coefficient (Wildman–Crippen LogP) is 1.40. The first-order valence-electron chi connectivity index (χ1n) is 8.15. The van der Waals surface area contributed by atoms with Crippen LogP contribution in [0.3, 0.4) is 0 Å². The third-order valence-corrected chi connectivity index (χ3v) is 4.95. The van der Waals surface area contributed by atoms with Crippen molar-refractivity contribution in [2.45, 2.75) is 63.1 Å². The second kappa shape index (κ2) is 6.28. The first-order valence-corrected chi connectivity index (χ1v) is 8.15. The second-order valence-electron chi connectivity index (χ2n) is 6.60. The average Bonchev–Trinajstić information content (AvgIpc) is 2.89. The van der Waals surface area contributed by atoms with Gasteiger partial charge in [-0.3, -0.25) is 9.69 Å². The largest absolute Gasteiger partial charge is 0.389 e. The standard InChI is InChI=1S/C16H25N3O2/c20-15-7-4-10-17-19(15)12-14-6-5-11-18(14)13-16(21)8-2-1-3-9-16/h4,7,10,14,21H,1-3,5-6,8-9,11-13H2. The summed E-state index contributed by atoms with van der Waals surface area (Å²) < 4.78 is 1.55. The van der Waals surface area contributed by atoms with Gasteiger partial charge in [-0.15, -0.1) is 0 Å². The van der Waals surface area contributed by atoms with E-state index in [1.807, 2.05) is 0 Å². The van der Waals surface area contributed by atoms with Crippen LogP contribution in [0.4, 0.5) is 0 Å². The smallest absolute Gasteiger partial charge is 0.266 e. The second-order valence-corrected chi connectivity index (χ2v) is 6.60. The van der Waals surface area contributed by atoms with Crippen LogP contribution in [0.1, 0.15) is 44.9 Å². The molecule has 0 spiro atoms. The Morgan fingerprint density at radius 1 is 1.29 bits per heavy atom. The third-order valence-electron chi connectivity index (χ3n) is 4.95. The van der Waals surface area contributed by atoms with E-state index in [0.717, 1.165) is 51.6 Å². The van der Waals surface area contributed by atoms with Gasteiger partial charge in [0.05, 0.1) is 12.1 Å². The number of β-amino-alcohol motifs (C(OH)–C–C–N with tert-alkyl or cyclic N) is 1. The molecule has 1 unspecified atom stereocenters. The fourth-order valence-corrected chi connectivity index (χ4v) is 3.78. The molecule has 1 aliphatic carbocycles. The molecule has 2 aliphatic rings. The average molecular weight is 291 g/mol. The van der Waals surface area contributed by atoms with E-state index < -0.39 is 5.60 Å². The summed E-state index contributed by atoms with van der Waals surface area (Å²) in [6.07, 6.45) is 9.23. The van der Waals surface area contributed by atoms with Gasteiger partial charge in [0.25, 0.3) is 5.56 Å². The maximum absolute atomic E-state index is 11.8. The van der Waals surface area contributed by atoms with E-state index in [4.69, 9.17) is 0 Å². The number of hydrogen-bond donors (Lipinski definition) is 1. The number of aliphatic hydroxyl groups is 1. The summed E-state index contributed by atoms with van der Waals surface area (Å²) in [5, 5.41) is 14.9. The molecule has 0 amide bonds. The highest BCUT2D eigenvalue weighted by molar-refractivity contribution is 4.91. The molecule has 1 saturated heterocycles. The van der Waals surface area contributed by atoms with E-state index in [0.29, 0.717) is 12.6 Å². The van der Waals surface area contributed by atoms with Crippen molar-refractivity contribution in [1.29, 1.82) is 0 Å². The van der Waals surface area contributed by atoms with Crippen molar-refractivity contribution in [3.05, 3.63) is 28.7 Å². The third kappa shape index (κ3) is 3.52. The summed E-state index contributed by atoms with van der Waals surface area (Å²) in [6, 6.07) is 3.56. The van der Waals surface area contributed by atoms with Gasteiger partial charge in [0.15, 0.2) is 0 Å². The molecular weight excluding hydrogens is 266 g/mol. The van der Waals surface area contributed by atoms with Crippen LogP contribution in [0.2, 0.25) is 0 Å². The summed E-state index contributed by atoms with van der Waals surface area (Å²) >= 11 is 0. The molecular formula is C16H25N3O2. The van der Waals surface area contributed by atoms with Crippen LogP contribution in [-0.2, 0) is 6.54 Å². The lowest BCUT2D eigenvalue weighted by Crippen LogP contribution is -2.47. The van der Waals surface area contributed by atoms with Crippen LogP contribution in [0, 0.1) is 0 Å². The Labute approximate surface area is 125 Å². The predicted molar refractivity (Wildman–Crippen MR) is 81.1 cm³/mol. The molecule has 1 aromatic rings. The Bertz CT molecular complexity index is 522. The number of hydrogen-bond acceptors (Lipinski definition) is 4. The zero-order valence-electron chi connectivity index (χ0n) is 12.6. The highest BCUT2D eigenvalue weighted by atomic mass is 16.3. The maximum atomic E-state index is 11.8. The molecule has 2 heterocycles. The van der Waals surface area contributed by atoms with Gasteiger partial charge in [-0.2, -0.15) is 5.10 Å². The van der Waals surface area contributed by atoms with E-state index in [9.17, 15) is 9.90 Å². The van der Waals surface area contributed by atoms with E-state index in [1.54, 1.807) is 23.0 Å². The Kier molecular flexibility index (Phi) is 4.40. The lowest BCUT2D eigenvalue weighted by Gasteiger charge is -2.37. The molecule has 116 valence electrons. The number of nitrogens with zero attached hydrogens (tertiary/aromatic N) is 3. The molecule has 3 rings (SSSR count). The molecule has 1 aliphatic heterocycles. The Balaban J connectivity index is 1.65. The van der Waals surface area contributed by atoms with E-state index in [2.05, 4.69) is 10.00 Å². The molecule has 0 aromatic carbocycles. The van der Waals surface area contributed by atoms with Crippen molar-refractivity contribution in [2.75, 3.05) is 13.1 Å². The summed E-state index contributed by atoms with van der Waals surface area (Å²) in [5.74, 6) is 0. The summed E-state index contributed by atoms with van der Waals surface area (Å²) in [6.45, 7) is 2.41. The summed E-state index contributed by atoms with van der Waals surface area (Å²) in [4.78, 5) is 14.2. The number of rotatable bonds is 4. The Morgan fingerprint density at radius 3 is 2.86 bits per heavy atom. The minimum absolute atomic E-state index is 0.0410. The van der Waals surface area contributed by atoms with Crippen molar-refractivity contribution in [3.63, 3.8) is 0 Å². The van der Waals surface area contributed by atoms with Crippen LogP contribution in [0.15, 0.2) is 23.1 Å². The summed E-state index contributed by atoms with van der Waals surface area (Å²) in [5.41, 5.74) is -0.559. The van der Waals surface area contributed by atoms with Crippen molar-refractivity contribution in [2.24, 2.45) is 0 Å². The van der Waals surface area contributed by atoms with Gasteiger partial charge in [-0.1, -0.05) is 19.3 Å². The van der Waals surface area contributed by atoms with Gasteiger partial charge < -0.3 is 5.11 Å². The monoisotopic (exact) mass is 291 g/mol. The zero-order chi connectivity index (χ0) is 14.7. The Morgan fingerprint density at radius 2 is 2.10 bits per heavy atom. The van der Waals surface area contributed by atoms with Crippen LogP contribution in [0.5, 0.6) is 0 Å². The van der Waals surface area contributed by atoms with Gasteiger partial charge in [0, 0.05) is 24.8 Å². The highest BCUT2D eigenvalue weighted by Crippen LogP contribution is 2.31. The van der Waals surface area contributed by atoms with Crippen LogP contribution >= 0.6 is 0 Å². The zero-order valence-corrected chi connectivity index (χ0v) is 12.6. The lowest BCUT2D eigenvalue weighted by atomic mass is 9.84. The fourth-order valence-electron chi connectivity index (χ4n) is 3.78. The molecule has 1 N–H and O–H groups in total. The molecule has 1 saturated carbocycles. The number of likely N-dealkylation sites (tertiary alicyclic amines) is 1. The molecule has 5 heteroatoms. The maximum Gasteiger partial charge on any atom is 0.266 e. The minimum Gasteiger partial charge on any atom is -0.389 e. The molecule has 2 fully saturated rings. The van der Waals surface area contributed by atoms with Crippen molar-refractivity contribution in [3.8, 4) is 0 Å². The molecule has 0 bridgehead atoms. The molecule has 0 radical (unpaired) electrons. The fraction of sp³-hybridized carbons (Fsp3) is 0.750. The Hall–Kier alpha value is -1.20. The van der Waals surface area contributed by atoms with Crippen molar-refractivity contribution >= 4 is 0 Å². The normalized spacial score (nSPS) is 26.0. The first kappa shape index (κ1) is 14.7. The van der Waals surface area contributed by atoms with Crippen LogP contribution in [0.25, 0.3) is 0 Å². The highest BCUT2D eigenvalue weighted by Gasteiger charge is 2.35. The van der Waals surface area contributed by atoms with Gasteiger partial charge >= 0.3 is 0 Å². The molecule has 1 atom stereocenters. The van der Waals surface area contributed by atoms with E-state index in [-0.39, 0.29) is 5.56 Å². The lowest BCUT2D eigenvalue weighted by molar-refractivity contribution is -0.0305. The molecule has 5 nitrogen and oxygen atoms in total. The van der Waals surface area contributed by atoms with Gasteiger partial charge in [0.2, 0.25) is 0 Å². The van der Waals surface area contributed by atoms with E-state index in [1.165, 1.54) is 6.42 Å². The molecule has 1 aromatic heterocycles. The van der Waals surface area contributed by atoms with Crippen LogP contribution < -0.4 is 5.56 Å². The SMILES string of the molecule is O=c1cccnn1CC1CCCN1CC1(O)CCCCC1. The van der Waals surface area contributed by atoms with Gasteiger partial charge in [0.1, 0.15) is 0 Å². The van der Waals surface area contributed by atoms with Gasteiger partial charge in [-0.25, -0.2) is 4.68 Å². The number of aromatic nitrogens is 2. The van der Waals surface area contributed by atoms with Gasteiger partial charge in [-0.05, 0) is 38.3 Å². The molecule has 21 heavy (non-hydrogen) atoms. The topological polar surface area (TPSA) is 58.4 Å². The first-order chi connectivity index (χ1) is 10.2.